The van der Waals surface area contributed by atoms with E-state index < -0.39 is 11.7 Å². The number of hydrogen-bond acceptors (Lipinski definition) is 4. The van der Waals surface area contributed by atoms with Gasteiger partial charge in [0, 0.05) is 37.3 Å². The number of para-hydroxylation sites is 1. The van der Waals surface area contributed by atoms with E-state index in [-0.39, 0.29) is 23.7 Å². The van der Waals surface area contributed by atoms with Crippen molar-refractivity contribution in [2.45, 2.75) is 56.0 Å². The van der Waals surface area contributed by atoms with Crippen molar-refractivity contribution in [3.63, 3.8) is 0 Å². The summed E-state index contributed by atoms with van der Waals surface area (Å²) in [5, 5.41) is 6.13. The summed E-state index contributed by atoms with van der Waals surface area (Å²) < 4.78 is 44.5. The average molecular weight is 446 g/mol. The number of pyridine rings is 1. The predicted octanol–water partition coefficient (Wildman–Crippen LogP) is 4.42. The molecule has 0 unspecified atom stereocenters. The molecular formula is C23H25F3N4O2. The van der Waals surface area contributed by atoms with Gasteiger partial charge in [0.05, 0.1) is 11.6 Å². The molecule has 1 saturated carbocycles. The van der Waals surface area contributed by atoms with E-state index in [9.17, 15) is 18.0 Å². The molecule has 170 valence electrons. The van der Waals surface area contributed by atoms with Gasteiger partial charge in [-0.25, -0.2) is 9.78 Å². The molecule has 9 heteroatoms. The van der Waals surface area contributed by atoms with Crippen LogP contribution in [0.4, 0.5) is 23.8 Å². The highest BCUT2D eigenvalue weighted by Gasteiger charge is 2.46. The Morgan fingerprint density at radius 2 is 1.97 bits per heavy atom. The largest absolute Gasteiger partial charge is 0.487 e. The molecule has 2 aliphatic heterocycles. The van der Waals surface area contributed by atoms with Crippen molar-refractivity contribution in [1.82, 2.24) is 15.6 Å². The van der Waals surface area contributed by atoms with Crippen LogP contribution < -0.4 is 20.3 Å². The van der Waals surface area contributed by atoms with Gasteiger partial charge in [0.15, 0.2) is 0 Å². The molecule has 1 spiro atoms. The number of alkyl halides is 3. The summed E-state index contributed by atoms with van der Waals surface area (Å²) >= 11 is 0. The summed E-state index contributed by atoms with van der Waals surface area (Å²) in [5.74, 6) is 1.32. The lowest BCUT2D eigenvalue weighted by Gasteiger charge is -2.48. The van der Waals surface area contributed by atoms with Gasteiger partial charge in [-0.3, -0.25) is 0 Å². The van der Waals surface area contributed by atoms with E-state index in [1.807, 2.05) is 29.2 Å². The van der Waals surface area contributed by atoms with Gasteiger partial charge < -0.3 is 20.3 Å². The number of anilines is 1. The first-order valence-corrected chi connectivity index (χ1v) is 10.9. The van der Waals surface area contributed by atoms with E-state index in [0.717, 1.165) is 49.3 Å². The lowest BCUT2D eigenvalue weighted by atomic mass is 9.73. The fourth-order valence-electron chi connectivity index (χ4n) is 4.84. The maximum atomic E-state index is 12.8. The van der Waals surface area contributed by atoms with Crippen molar-refractivity contribution in [1.29, 1.82) is 0 Å². The zero-order chi connectivity index (χ0) is 22.3. The van der Waals surface area contributed by atoms with Crippen molar-refractivity contribution in [2.75, 3.05) is 18.0 Å². The summed E-state index contributed by atoms with van der Waals surface area (Å²) in [6.45, 7) is 1.12. The molecule has 1 saturated heterocycles. The molecular weight excluding hydrogens is 421 g/mol. The van der Waals surface area contributed by atoms with Gasteiger partial charge in [-0.2, -0.15) is 13.2 Å². The number of nitrogens with one attached hydrogen (secondary N) is 2. The molecule has 2 aromatic rings. The number of halogens is 3. The van der Waals surface area contributed by atoms with Gasteiger partial charge in [0.2, 0.25) is 0 Å². The van der Waals surface area contributed by atoms with E-state index in [1.165, 1.54) is 6.07 Å². The number of benzene rings is 1. The highest BCUT2D eigenvalue weighted by atomic mass is 19.4. The first kappa shape index (κ1) is 20.9. The molecule has 2 atom stereocenters. The van der Waals surface area contributed by atoms with E-state index in [4.69, 9.17) is 4.74 Å². The number of fused-ring (bicyclic) bond motifs is 1. The SMILES string of the molecule is O=C(N[C@H]1CCN(c2ccc(C(F)(F)F)cn2)C1)N[C@@H]1CC2(CCC2)Oc2ccccc21. The molecule has 1 aromatic carbocycles. The van der Waals surface area contributed by atoms with Crippen molar-refractivity contribution >= 4 is 11.8 Å². The highest BCUT2D eigenvalue weighted by Crippen LogP contribution is 2.48. The number of ether oxygens (including phenoxy) is 1. The Kier molecular flexibility index (Phi) is 5.14. The molecule has 6 nitrogen and oxygen atoms in total. The van der Waals surface area contributed by atoms with Gasteiger partial charge in [-0.15, -0.1) is 0 Å². The van der Waals surface area contributed by atoms with Gasteiger partial charge in [0.25, 0.3) is 0 Å². The molecule has 5 rings (SSSR count). The maximum absolute atomic E-state index is 12.8. The maximum Gasteiger partial charge on any atom is 0.417 e. The van der Waals surface area contributed by atoms with Crippen LogP contribution in [-0.2, 0) is 6.18 Å². The van der Waals surface area contributed by atoms with Crippen LogP contribution in [0.2, 0.25) is 0 Å². The Hall–Kier alpha value is -2.97. The Morgan fingerprint density at radius 3 is 2.66 bits per heavy atom. The Labute approximate surface area is 184 Å². The van der Waals surface area contributed by atoms with Crippen molar-refractivity contribution in [3.05, 3.63) is 53.7 Å². The summed E-state index contributed by atoms with van der Waals surface area (Å²) in [4.78, 5) is 18.6. The van der Waals surface area contributed by atoms with Crippen molar-refractivity contribution in [2.24, 2.45) is 0 Å². The quantitative estimate of drug-likeness (QED) is 0.732. The summed E-state index contributed by atoms with van der Waals surface area (Å²) in [6, 6.07) is 9.77. The molecule has 1 aliphatic carbocycles. The smallest absolute Gasteiger partial charge is 0.417 e. The normalized spacial score (nSPS) is 23.8. The van der Waals surface area contributed by atoms with Crippen LogP contribution in [0.5, 0.6) is 5.75 Å². The number of carbonyl (C=O) groups excluding carboxylic acids is 1. The number of nitrogens with zero attached hydrogens (tertiary/aromatic N) is 2. The van der Waals surface area contributed by atoms with Crippen LogP contribution in [-0.4, -0.2) is 35.7 Å². The number of urea groups is 1. The Balaban J connectivity index is 1.19. The van der Waals surface area contributed by atoms with E-state index in [1.54, 1.807) is 0 Å². The van der Waals surface area contributed by atoms with Crippen LogP contribution in [0.15, 0.2) is 42.6 Å². The minimum atomic E-state index is -4.40. The number of amides is 2. The summed E-state index contributed by atoms with van der Waals surface area (Å²) in [6.07, 6.45) is 1.03. The van der Waals surface area contributed by atoms with Crippen LogP contribution in [0.25, 0.3) is 0 Å². The minimum absolute atomic E-state index is 0.105. The van der Waals surface area contributed by atoms with Crippen LogP contribution >= 0.6 is 0 Å². The molecule has 0 bridgehead atoms. The molecule has 3 aliphatic rings. The van der Waals surface area contributed by atoms with E-state index in [2.05, 4.69) is 15.6 Å². The lowest BCUT2D eigenvalue weighted by molar-refractivity contribution is -0.137. The molecule has 3 heterocycles. The number of aromatic nitrogens is 1. The fraction of sp³-hybridized carbons (Fsp3) is 0.478. The molecule has 2 N–H and O–H groups in total. The van der Waals surface area contributed by atoms with Crippen molar-refractivity contribution in [3.8, 4) is 5.75 Å². The van der Waals surface area contributed by atoms with Crippen LogP contribution in [0.3, 0.4) is 0 Å². The summed E-state index contributed by atoms with van der Waals surface area (Å²) in [5.41, 5.74) is 0.0442. The zero-order valence-corrected chi connectivity index (χ0v) is 17.5. The van der Waals surface area contributed by atoms with Gasteiger partial charge in [-0.1, -0.05) is 18.2 Å². The van der Waals surface area contributed by atoms with Crippen LogP contribution in [0, 0.1) is 0 Å². The topological polar surface area (TPSA) is 66.5 Å². The second kappa shape index (κ2) is 7.86. The summed E-state index contributed by atoms with van der Waals surface area (Å²) in [7, 11) is 0. The first-order valence-electron chi connectivity index (χ1n) is 10.9. The first-order chi connectivity index (χ1) is 15.3. The molecule has 2 amide bonds. The third-order valence-corrected chi connectivity index (χ3v) is 6.69. The zero-order valence-electron chi connectivity index (χ0n) is 17.5. The van der Waals surface area contributed by atoms with Gasteiger partial charge >= 0.3 is 12.2 Å². The minimum Gasteiger partial charge on any atom is -0.487 e. The van der Waals surface area contributed by atoms with E-state index in [0.29, 0.717) is 25.3 Å². The number of rotatable bonds is 3. The predicted molar refractivity (Wildman–Crippen MR) is 113 cm³/mol. The monoisotopic (exact) mass is 446 g/mol. The third kappa shape index (κ3) is 4.08. The highest BCUT2D eigenvalue weighted by molar-refractivity contribution is 5.75. The fourth-order valence-corrected chi connectivity index (χ4v) is 4.84. The van der Waals surface area contributed by atoms with Gasteiger partial charge in [-0.05, 0) is 43.9 Å². The lowest BCUT2D eigenvalue weighted by Crippen LogP contribution is -2.52. The number of hydrogen-bond donors (Lipinski definition) is 2. The Morgan fingerprint density at radius 1 is 1.16 bits per heavy atom. The second-order valence-corrected chi connectivity index (χ2v) is 8.89. The molecule has 32 heavy (non-hydrogen) atoms. The third-order valence-electron chi connectivity index (χ3n) is 6.69. The standard InChI is InChI=1S/C23H25F3N4O2/c24-23(25,26)15-6-7-20(27-13-15)30-11-8-16(14-30)28-21(31)29-18-12-22(9-3-10-22)32-19-5-2-1-4-17(18)19/h1-2,4-7,13,16,18H,3,8-12,14H2,(H2,28,29,31)/t16-,18+/m0/s1. The van der Waals surface area contributed by atoms with Crippen molar-refractivity contribution < 1.29 is 22.7 Å². The van der Waals surface area contributed by atoms with Crippen LogP contribution in [0.1, 0.15) is 49.3 Å². The Bertz CT molecular complexity index is 991. The second-order valence-electron chi connectivity index (χ2n) is 8.89. The molecule has 2 fully saturated rings. The molecule has 0 radical (unpaired) electrons. The average Bonchev–Trinajstić information content (AvgIpc) is 3.20. The number of carbonyl (C=O) groups is 1. The molecule has 1 aromatic heterocycles. The van der Waals surface area contributed by atoms with E-state index >= 15 is 0 Å². The van der Waals surface area contributed by atoms with Gasteiger partial charge in [0.1, 0.15) is 17.2 Å².